The van der Waals surface area contributed by atoms with Gasteiger partial charge in [0.1, 0.15) is 5.75 Å². The van der Waals surface area contributed by atoms with Gasteiger partial charge in [-0.2, -0.15) is 0 Å². The van der Waals surface area contributed by atoms with Crippen LogP contribution in [0.3, 0.4) is 0 Å². The molecule has 0 atom stereocenters. The number of alkyl halides is 3. The van der Waals surface area contributed by atoms with Crippen LogP contribution in [-0.4, -0.2) is 36.8 Å². The highest BCUT2D eigenvalue weighted by Gasteiger charge is 2.31. The van der Waals surface area contributed by atoms with E-state index in [-0.39, 0.29) is 11.7 Å². The molecule has 0 bridgehead atoms. The molecule has 0 aliphatic carbocycles. The molecule has 1 rings (SSSR count). The molecule has 0 aliphatic rings. The zero-order valence-electron chi connectivity index (χ0n) is 11.8. The third-order valence-corrected chi connectivity index (χ3v) is 2.75. The van der Waals surface area contributed by atoms with Crippen molar-refractivity contribution in [3.8, 4) is 5.75 Å². The van der Waals surface area contributed by atoms with Crippen molar-refractivity contribution in [2.75, 3.05) is 19.6 Å². The molecule has 0 fully saturated rings. The monoisotopic (exact) mass is 304 g/mol. The average molecular weight is 304 g/mol. The third kappa shape index (κ3) is 6.03. The number of ether oxygens (including phenoxy) is 1. The van der Waals surface area contributed by atoms with Crippen LogP contribution in [0.15, 0.2) is 24.3 Å². The first-order chi connectivity index (χ1) is 9.87. The van der Waals surface area contributed by atoms with Gasteiger partial charge in [-0.3, -0.25) is 4.79 Å². The second kappa shape index (κ2) is 7.87. The van der Waals surface area contributed by atoms with E-state index in [0.29, 0.717) is 31.6 Å². The molecule has 118 valence electrons. The zero-order valence-corrected chi connectivity index (χ0v) is 11.8. The number of benzene rings is 1. The Hall–Kier alpha value is -1.76. The van der Waals surface area contributed by atoms with Crippen molar-refractivity contribution in [3.63, 3.8) is 0 Å². The molecule has 0 aromatic heterocycles. The molecule has 1 aromatic carbocycles. The number of nitrogens with two attached hydrogens (primary N) is 1. The van der Waals surface area contributed by atoms with Gasteiger partial charge in [0.25, 0.3) is 5.91 Å². The molecular formula is C14H19F3N2O2. The molecule has 0 saturated carbocycles. The highest BCUT2D eigenvalue weighted by atomic mass is 19.4. The van der Waals surface area contributed by atoms with Crippen molar-refractivity contribution in [2.45, 2.75) is 26.1 Å². The number of amides is 1. The topological polar surface area (TPSA) is 55.6 Å². The van der Waals surface area contributed by atoms with Gasteiger partial charge in [-0.15, -0.1) is 13.2 Å². The van der Waals surface area contributed by atoms with Gasteiger partial charge in [-0.25, -0.2) is 0 Å². The van der Waals surface area contributed by atoms with E-state index in [2.05, 4.69) is 4.74 Å². The van der Waals surface area contributed by atoms with Gasteiger partial charge in [0.05, 0.1) is 0 Å². The van der Waals surface area contributed by atoms with Crippen molar-refractivity contribution in [1.29, 1.82) is 0 Å². The summed E-state index contributed by atoms with van der Waals surface area (Å²) in [6.07, 6.45) is -3.26. The minimum absolute atomic E-state index is 0.219. The van der Waals surface area contributed by atoms with E-state index in [4.69, 9.17) is 5.73 Å². The zero-order chi connectivity index (χ0) is 15.9. The molecule has 2 N–H and O–H groups in total. The maximum Gasteiger partial charge on any atom is 0.573 e. The summed E-state index contributed by atoms with van der Waals surface area (Å²) >= 11 is 0. The summed E-state index contributed by atoms with van der Waals surface area (Å²) in [5, 5.41) is 0. The maximum atomic E-state index is 12.3. The predicted octanol–water partition coefficient (Wildman–Crippen LogP) is 2.79. The summed E-state index contributed by atoms with van der Waals surface area (Å²) < 4.78 is 39.9. The quantitative estimate of drug-likeness (QED) is 0.842. The van der Waals surface area contributed by atoms with Crippen LogP contribution in [0.1, 0.15) is 30.1 Å². The Morgan fingerprint density at radius 2 is 1.86 bits per heavy atom. The summed E-state index contributed by atoms with van der Waals surface area (Å²) in [6.45, 7) is 3.54. The molecule has 4 nitrogen and oxygen atoms in total. The van der Waals surface area contributed by atoms with Crippen molar-refractivity contribution in [1.82, 2.24) is 4.90 Å². The number of rotatable bonds is 7. The van der Waals surface area contributed by atoms with Gasteiger partial charge >= 0.3 is 6.36 Å². The van der Waals surface area contributed by atoms with E-state index >= 15 is 0 Å². The van der Waals surface area contributed by atoms with Crippen molar-refractivity contribution in [2.24, 2.45) is 5.73 Å². The molecule has 0 aliphatic heterocycles. The largest absolute Gasteiger partial charge is 0.573 e. The normalized spacial score (nSPS) is 11.3. The highest BCUT2D eigenvalue weighted by Crippen LogP contribution is 2.23. The van der Waals surface area contributed by atoms with Gasteiger partial charge in [0.2, 0.25) is 0 Å². The van der Waals surface area contributed by atoms with Gasteiger partial charge in [-0.05, 0) is 43.7 Å². The smallest absolute Gasteiger partial charge is 0.406 e. The Kier molecular flexibility index (Phi) is 6.48. The minimum Gasteiger partial charge on any atom is -0.406 e. The van der Waals surface area contributed by atoms with Crippen LogP contribution in [0.4, 0.5) is 13.2 Å². The van der Waals surface area contributed by atoms with Crippen LogP contribution in [0.25, 0.3) is 0 Å². The van der Waals surface area contributed by atoms with Crippen molar-refractivity contribution >= 4 is 5.91 Å². The highest BCUT2D eigenvalue weighted by molar-refractivity contribution is 5.94. The second-order valence-corrected chi connectivity index (χ2v) is 4.51. The maximum absolute atomic E-state index is 12.3. The van der Waals surface area contributed by atoms with E-state index in [9.17, 15) is 18.0 Å². The molecular weight excluding hydrogens is 285 g/mol. The van der Waals surface area contributed by atoms with Crippen LogP contribution in [-0.2, 0) is 0 Å². The summed E-state index contributed by atoms with van der Waals surface area (Å²) in [7, 11) is 0. The molecule has 1 aromatic rings. The summed E-state index contributed by atoms with van der Waals surface area (Å²) in [6, 6.07) is 4.92. The van der Waals surface area contributed by atoms with Crippen molar-refractivity contribution < 1.29 is 22.7 Å². The van der Waals surface area contributed by atoms with E-state index in [1.807, 2.05) is 6.92 Å². The molecule has 1 amide bonds. The predicted molar refractivity (Wildman–Crippen MR) is 73.0 cm³/mol. The van der Waals surface area contributed by atoms with Crippen LogP contribution >= 0.6 is 0 Å². The fraction of sp³-hybridized carbons (Fsp3) is 0.500. The Bertz CT molecular complexity index is 447. The fourth-order valence-corrected chi connectivity index (χ4v) is 1.85. The molecule has 0 heterocycles. The van der Waals surface area contributed by atoms with Crippen LogP contribution < -0.4 is 10.5 Å². The lowest BCUT2D eigenvalue weighted by Crippen LogP contribution is -2.33. The van der Waals surface area contributed by atoms with Crippen molar-refractivity contribution in [3.05, 3.63) is 29.8 Å². The Balaban J connectivity index is 2.76. The minimum atomic E-state index is -4.74. The molecule has 7 heteroatoms. The Labute approximate surface area is 121 Å². The Morgan fingerprint density at radius 3 is 2.33 bits per heavy atom. The number of hydrogen-bond donors (Lipinski definition) is 1. The Morgan fingerprint density at radius 1 is 1.24 bits per heavy atom. The summed E-state index contributed by atoms with van der Waals surface area (Å²) in [5.41, 5.74) is 5.76. The van der Waals surface area contributed by atoms with E-state index in [0.717, 1.165) is 18.6 Å². The van der Waals surface area contributed by atoms with Gasteiger partial charge in [-0.1, -0.05) is 6.92 Å². The lowest BCUT2D eigenvalue weighted by molar-refractivity contribution is -0.274. The van der Waals surface area contributed by atoms with E-state index in [1.54, 1.807) is 4.90 Å². The summed E-state index contributed by atoms with van der Waals surface area (Å²) in [5.74, 6) is -0.563. The second-order valence-electron chi connectivity index (χ2n) is 4.51. The average Bonchev–Trinajstić information content (AvgIpc) is 2.42. The van der Waals surface area contributed by atoms with Gasteiger partial charge in [0.15, 0.2) is 0 Å². The van der Waals surface area contributed by atoms with E-state index < -0.39 is 6.36 Å². The van der Waals surface area contributed by atoms with Crippen LogP contribution in [0.5, 0.6) is 5.75 Å². The van der Waals surface area contributed by atoms with Gasteiger partial charge < -0.3 is 15.4 Å². The lowest BCUT2D eigenvalue weighted by atomic mass is 10.2. The van der Waals surface area contributed by atoms with Gasteiger partial charge in [0, 0.05) is 18.7 Å². The molecule has 0 saturated heterocycles. The van der Waals surface area contributed by atoms with Crippen LogP contribution in [0, 0.1) is 0 Å². The molecule has 0 radical (unpaired) electrons. The third-order valence-electron chi connectivity index (χ3n) is 2.75. The molecule has 0 spiro atoms. The lowest BCUT2D eigenvalue weighted by Gasteiger charge is -2.22. The number of hydrogen-bond acceptors (Lipinski definition) is 3. The summed E-state index contributed by atoms with van der Waals surface area (Å²) in [4.78, 5) is 13.9. The SMILES string of the molecule is CCCN(CCCN)C(=O)c1ccc(OC(F)(F)F)cc1. The molecule has 21 heavy (non-hydrogen) atoms. The fourth-order valence-electron chi connectivity index (χ4n) is 1.85. The first-order valence-electron chi connectivity index (χ1n) is 6.72. The first-order valence-corrected chi connectivity index (χ1v) is 6.72. The number of carbonyl (C=O) groups excluding carboxylic acids is 1. The molecule has 0 unspecified atom stereocenters. The number of carbonyl (C=O) groups is 1. The first kappa shape index (κ1) is 17.3. The number of halogens is 3. The van der Waals surface area contributed by atoms with E-state index in [1.165, 1.54) is 12.1 Å². The standard InChI is InChI=1S/C14H19F3N2O2/c1-2-9-19(10-3-8-18)13(20)11-4-6-12(7-5-11)21-14(15,16)17/h4-7H,2-3,8-10,18H2,1H3. The van der Waals surface area contributed by atoms with Crippen LogP contribution in [0.2, 0.25) is 0 Å². The number of nitrogens with zero attached hydrogens (tertiary/aromatic N) is 1.